The van der Waals surface area contributed by atoms with Gasteiger partial charge < -0.3 is 19.3 Å². The first-order chi connectivity index (χ1) is 21.9. The van der Waals surface area contributed by atoms with Crippen LogP contribution in [0, 0.1) is 0 Å². The van der Waals surface area contributed by atoms with Crippen molar-refractivity contribution in [1.82, 2.24) is 9.80 Å². The Morgan fingerprint density at radius 3 is 2.38 bits per heavy atom. The number of carbonyl (C=O) groups is 3. The van der Waals surface area contributed by atoms with Crippen LogP contribution in [0.5, 0.6) is 11.5 Å². The number of imide groups is 1. The molecule has 0 bridgehead atoms. The van der Waals surface area contributed by atoms with Crippen molar-refractivity contribution in [3.63, 3.8) is 0 Å². The number of ether oxygens (including phenoxy) is 2. The number of anilines is 1. The summed E-state index contributed by atoms with van der Waals surface area (Å²) in [4.78, 5) is 44.4. The minimum absolute atomic E-state index is 0.236. The van der Waals surface area contributed by atoms with Crippen LogP contribution in [-0.4, -0.2) is 66.2 Å². The Balaban J connectivity index is 1.11. The molecule has 4 aromatic rings. The molecule has 0 aliphatic carbocycles. The number of rotatable bonds is 9. The fraction of sp³-hybridized carbons (Fsp3) is 0.229. The number of thioether (sulfide) groups is 1. The molecule has 2 fully saturated rings. The van der Waals surface area contributed by atoms with Crippen molar-refractivity contribution >= 4 is 67.3 Å². The fourth-order valence-corrected chi connectivity index (χ4v) is 6.85. The quantitative estimate of drug-likeness (QED) is 0.176. The standard InChI is InChI=1S/C35H32BrN3O5S/c1-2-43-30-20-25(19-29(36)33(30)44-23-24-12-13-26-8-6-7-9-27(26)18-24)21-31-34(41)39(35(42)45-31)22-32(40)38-16-14-37(15-17-38)28-10-4-3-5-11-28/h3-13,18-21H,2,14-17,22-23H2,1H3/b31-21+. The molecule has 0 unspecified atom stereocenters. The van der Waals surface area contributed by atoms with Gasteiger partial charge in [0.2, 0.25) is 5.91 Å². The molecule has 2 saturated heterocycles. The fourth-order valence-electron chi connectivity index (χ4n) is 5.43. The lowest BCUT2D eigenvalue weighted by molar-refractivity contribution is -0.136. The number of benzene rings is 4. The normalized spacial score (nSPS) is 16.1. The Bertz CT molecular complexity index is 1770. The van der Waals surface area contributed by atoms with Gasteiger partial charge >= 0.3 is 0 Å². The van der Waals surface area contributed by atoms with E-state index < -0.39 is 11.1 Å². The molecular formula is C35H32BrN3O5S. The lowest BCUT2D eigenvalue weighted by Crippen LogP contribution is -2.51. The molecule has 2 aliphatic heterocycles. The molecule has 0 atom stereocenters. The van der Waals surface area contributed by atoms with Crippen molar-refractivity contribution in [2.45, 2.75) is 13.5 Å². The Labute approximate surface area is 274 Å². The van der Waals surface area contributed by atoms with Crippen molar-refractivity contribution in [2.24, 2.45) is 0 Å². The van der Waals surface area contributed by atoms with E-state index in [-0.39, 0.29) is 17.4 Å². The van der Waals surface area contributed by atoms with E-state index in [0.717, 1.165) is 38.7 Å². The van der Waals surface area contributed by atoms with E-state index in [1.54, 1.807) is 17.0 Å². The average Bonchev–Trinajstić information content (AvgIpc) is 3.32. The van der Waals surface area contributed by atoms with Crippen molar-refractivity contribution < 1.29 is 23.9 Å². The summed E-state index contributed by atoms with van der Waals surface area (Å²) in [6.45, 7) is 4.82. The second kappa shape index (κ2) is 13.8. The SMILES string of the molecule is CCOc1cc(/C=C2/SC(=O)N(CC(=O)N3CCN(c4ccccc4)CC3)C2=O)cc(Br)c1OCc1ccc2ccccc2c1. The first-order valence-electron chi connectivity index (χ1n) is 14.8. The lowest BCUT2D eigenvalue weighted by Gasteiger charge is -2.36. The highest BCUT2D eigenvalue weighted by molar-refractivity contribution is 9.10. The van der Waals surface area contributed by atoms with Gasteiger partial charge in [0.15, 0.2) is 11.5 Å². The lowest BCUT2D eigenvalue weighted by atomic mass is 10.1. The van der Waals surface area contributed by atoms with Crippen molar-refractivity contribution in [1.29, 1.82) is 0 Å². The first-order valence-corrected chi connectivity index (χ1v) is 16.4. The van der Waals surface area contributed by atoms with Crippen molar-refractivity contribution in [2.75, 3.05) is 44.2 Å². The summed E-state index contributed by atoms with van der Waals surface area (Å²) >= 11 is 4.44. The van der Waals surface area contributed by atoms with Crippen molar-refractivity contribution in [3.8, 4) is 11.5 Å². The van der Waals surface area contributed by atoms with E-state index in [1.165, 1.54) is 0 Å². The van der Waals surface area contributed by atoms with Gasteiger partial charge in [-0.05, 0) is 92.9 Å². The van der Waals surface area contributed by atoms with Gasteiger partial charge in [0, 0.05) is 31.9 Å². The molecule has 0 aromatic heterocycles. The summed E-state index contributed by atoms with van der Waals surface area (Å²) in [7, 11) is 0. The zero-order valence-corrected chi connectivity index (χ0v) is 27.2. The van der Waals surface area contributed by atoms with Gasteiger partial charge in [-0.2, -0.15) is 0 Å². The first kappa shape index (κ1) is 30.7. The molecule has 2 aliphatic rings. The molecule has 3 amide bonds. The molecule has 230 valence electrons. The highest BCUT2D eigenvalue weighted by Crippen LogP contribution is 2.40. The molecule has 45 heavy (non-hydrogen) atoms. The Morgan fingerprint density at radius 1 is 0.889 bits per heavy atom. The zero-order chi connectivity index (χ0) is 31.3. The third kappa shape index (κ3) is 7.02. The highest BCUT2D eigenvalue weighted by Gasteiger charge is 2.37. The highest BCUT2D eigenvalue weighted by atomic mass is 79.9. The zero-order valence-electron chi connectivity index (χ0n) is 24.8. The van der Waals surface area contributed by atoms with Crippen LogP contribution in [0.15, 0.2) is 94.3 Å². The molecule has 0 N–H and O–H groups in total. The van der Waals surface area contributed by atoms with E-state index in [2.05, 4.69) is 45.1 Å². The molecule has 0 radical (unpaired) electrons. The van der Waals surface area contributed by atoms with Gasteiger partial charge in [-0.1, -0.05) is 54.6 Å². The molecule has 10 heteroatoms. The van der Waals surface area contributed by atoms with Gasteiger partial charge in [-0.3, -0.25) is 19.3 Å². The molecule has 4 aromatic carbocycles. The van der Waals surface area contributed by atoms with Crippen LogP contribution in [0.2, 0.25) is 0 Å². The van der Waals surface area contributed by atoms with Crippen LogP contribution < -0.4 is 14.4 Å². The molecule has 2 heterocycles. The molecule has 0 spiro atoms. The number of carbonyl (C=O) groups excluding carboxylic acids is 3. The van der Waals surface area contributed by atoms with Gasteiger partial charge in [0.1, 0.15) is 13.2 Å². The average molecular weight is 687 g/mol. The maximum atomic E-state index is 13.3. The van der Waals surface area contributed by atoms with Crippen LogP contribution in [0.1, 0.15) is 18.1 Å². The van der Waals surface area contributed by atoms with E-state index in [0.29, 0.717) is 60.9 Å². The second-order valence-corrected chi connectivity index (χ2v) is 12.6. The van der Waals surface area contributed by atoms with E-state index in [4.69, 9.17) is 9.47 Å². The maximum Gasteiger partial charge on any atom is 0.294 e. The number of fused-ring (bicyclic) bond motifs is 1. The molecule has 6 rings (SSSR count). The predicted molar refractivity (Wildman–Crippen MR) is 182 cm³/mol. The number of nitrogens with zero attached hydrogens (tertiary/aromatic N) is 3. The monoisotopic (exact) mass is 685 g/mol. The van der Waals surface area contributed by atoms with E-state index >= 15 is 0 Å². The number of amides is 3. The number of para-hydroxylation sites is 1. The number of halogens is 1. The molecule has 0 saturated carbocycles. The largest absolute Gasteiger partial charge is 0.490 e. The van der Waals surface area contributed by atoms with Gasteiger partial charge in [-0.15, -0.1) is 0 Å². The van der Waals surface area contributed by atoms with Gasteiger partial charge in [0.05, 0.1) is 16.0 Å². The number of piperazine rings is 1. The van der Waals surface area contributed by atoms with E-state index in [9.17, 15) is 14.4 Å². The molecular weight excluding hydrogens is 654 g/mol. The minimum atomic E-state index is -0.480. The van der Waals surface area contributed by atoms with E-state index in [1.807, 2.05) is 61.5 Å². The maximum absolute atomic E-state index is 13.3. The van der Waals surface area contributed by atoms with Crippen LogP contribution in [0.3, 0.4) is 0 Å². The summed E-state index contributed by atoms with van der Waals surface area (Å²) in [6.07, 6.45) is 1.65. The van der Waals surface area contributed by atoms with Crippen LogP contribution in [-0.2, 0) is 16.2 Å². The summed E-state index contributed by atoms with van der Waals surface area (Å²) in [5.41, 5.74) is 2.80. The third-order valence-electron chi connectivity index (χ3n) is 7.75. The summed E-state index contributed by atoms with van der Waals surface area (Å²) in [6, 6.07) is 28.0. The second-order valence-electron chi connectivity index (χ2n) is 10.7. The minimum Gasteiger partial charge on any atom is -0.490 e. The van der Waals surface area contributed by atoms with Crippen LogP contribution in [0.25, 0.3) is 16.8 Å². The molecule has 8 nitrogen and oxygen atoms in total. The smallest absolute Gasteiger partial charge is 0.294 e. The van der Waals surface area contributed by atoms with Crippen LogP contribution in [0.4, 0.5) is 10.5 Å². The Hall–Kier alpha value is -4.28. The summed E-state index contributed by atoms with van der Waals surface area (Å²) in [5, 5.41) is 1.85. The predicted octanol–water partition coefficient (Wildman–Crippen LogP) is 6.97. The Kier molecular flexibility index (Phi) is 9.42. The number of hydrogen-bond acceptors (Lipinski definition) is 7. The summed E-state index contributed by atoms with van der Waals surface area (Å²) in [5.74, 6) is 0.351. The van der Waals surface area contributed by atoms with Crippen molar-refractivity contribution in [3.05, 3.63) is 105 Å². The van der Waals surface area contributed by atoms with Gasteiger partial charge in [0.25, 0.3) is 11.1 Å². The number of hydrogen-bond donors (Lipinski definition) is 0. The van der Waals surface area contributed by atoms with Gasteiger partial charge in [-0.25, -0.2) is 0 Å². The van der Waals surface area contributed by atoms with Crippen LogP contribution >= 0.6 is 27.7 Å². The Morgan fingerprint density at radius 2 is 1.62 bits per heavy atom. The topological polar surface area (TPSA) is 79.4 Å². The third-order valence-corrected chi connectivity index (χ3v) is 9.24. The summed E-state index contributed by atoms with van der Waals surface area (Å²) < 4.78 is 12.8.